The summed E-state index contributed by atoms with van der Waals surface area (Å²) < 4.78 is 8.48. The summed E-state index contributed by atoms with van der Waals surface area (Å²) >= 11 is 0. The van der Waals surface area contributed by atoms with E-state index in [2.05, 4.69) is 20.3 Å². The lowest BCUT2D eigenvalue weighted by Gasteiger charge is -2.11. The highest BCUT2D eigenvalue weighted by atomic mass is 16.5. The molecule has 0 atom stereocenters. The molecule has 4 aromatic carbocycles. The maximum atomic E-state index is 12.0. The van der Waals surface area contributed by atoms with Gasteiger partial charge in [-0.2, -0.15) is 10.2 Å². The van der Waals surface area contributed by atoms with Crippen LogP contribution in [0.4, 0.5) is 11.4 Å². The molecule has 286 valence electrons. The minimum absolute atomic E-state index is 0.203. The zero-order chi connectivity index (χ0) is 40.3. The molecule has 0 bridgehead atoms. The van der Waals surface area contributed by atoms with Crippen LogP contribution < -0.4 is 5.32 Å². The number of aromatic carboxylic acids is 1. The molecule has 0 fully saturated rings. The van der Waals surface area contributed by atoms with Gasteiger partial charge in [-0.05, 0) is 43.3 Å². The predicted molar refractivity (Wildman–Crippen MR) is 224 cm³/mol. The molecule has 8 aromatic rings. The summed E-state index contributed by atoms with van der Waals surface area (Å²) in [6.45, 7) is 2.21. The van der Waals surface area contributed by atoms with E-state index in [1.54, 1.807) is 19.2 Å². The van der Waals surface area contributed by atoms with Gasteiger partial charge in [0.1, 0.15) is 5.69 Å². The van der Waals surface area contributed by atoms with Crippen molar-refractivity contribution in [3.8, 4) is 33.9 Å². The highest BCUT2D eigenvalue weighted by Crippen LogP contribution is 2.27. The van der Waals surface area contributed by atoms with Crippen LogP contribution in [0.25, 0.3) is 33.9 Å². The summed E-state index contributed by atoms with van der Waals surface area (Å²) in [5.74, 6) is -1.44. The Morgan fingerprint density at radius 2 is 1.28 bits per heavy atom. The summed E-state index contributed by atoms with van der Waals surface area (Å²) in [5.41, 5.74) is 9.45. The van der Waals surface area contributed by atoms with E-state index in [0.717, 1.165) is 45.0 Å². The minimum Gasteiger partial charge on any atom is -0.478 e. The van der Waals surface area contributed by atoms with E-state index in [0.29, 0.717) is 29.2 Å². The van der Waals surface area contributed by atoms with Gasteiger partial charge in [0.2, 0.25) is 0 Å². The topological polar surface area (TPSA) is 149 Å². The lowest BCUT2D eigenvalue weighted by molar-refractivity contribution is 0.0600. The van der Waals surface area contributed by atoms with Gasteiger partial charge in [0.05, 0.1) is 58.6 Å². The molecule has 4 heterocycles. The molecule has 0 aliphatic rings. The van der Waals surface area contributed by atoms with Crippen LogP contribution in [-0.2, 0) is 11.3 Å². The van der Waals surface area contributed by atoms with Crippen molar-refractivity contribution in [3.05, 3.63) is 192 Å². The maximum Gasteiger partial charge on any atom is 0.340 e. The van der Waals surface area contributed by atoms with Crippen molar-refractivity contribution in [1.29, 1.82) is 0 Å². The number of pyridine rings is 2. The molecule has 58 heavy (non-hydrogen) atoms. The highest BCUT2D eigenvalue weighted by Gasteiger charge is 2.17. The number of carboxylic acids is 1. The smallest absolute Gasteiger partial charge is 0.340 e. The molecule has 0 aliphatic heterocycles. The Balaban J connectivity index is 0.000000177. The van der Waals surface area contributed by atoms with Gasteiger partial charge in [-0.15, -0.1) is 0 Å². The van der Waals surface area contributed by atoms with E-state index in [-0.39, 0.29) is 5.56 Å². The van der Waals surface area contributed by atoms with Crippen LogP contribution in [0.3, 0.4) is 0 Å². The van der Waals surface area contributed by atoms with Gasteiger partial charge >= 0.3 is 11.9 Å². The lowest BCUT2D eigenvalue weighted by atomic mass is 10.1. The zero-order valence-electron chi connectivity index (χ0n) is 31.7. The lowest BCUT2D eigenvalue weighted by Crippen LogP contribution is -2.09. The molecule has 4 aromatic heterocycles. The number of hydrogen-bond donors (Lipinski definition) is 2. The van der Waals surface area contributed by atoms with Gasteiger partial charge in [0, 0.05) is 59.8 Å². The van der Waals surface area contributed by atoms with E-state index in [1.807, 2.05) is 143 Å². The summed E-state index contributed by atoms with van der Waals surface area (Å²) in [5, 5.41) is 22.3. The van der Waals surface area contributed by atoms with Gasteiger partial charge in [0.15, 0.2) is 0 Å². The molecule has 0 radical (unpaired) electrons. The number of carbonyl (C=O) groups is 2. The molecule has 0 saturated carbocycles. The molecule has 0 spiro atoms. The fourth-order valence-corrected chi connectivity index (χ4v) is 6.17. The van der Waals surface area contributed by atoms with Crippen molar-refractivity contribution in [2.24, 2.45) is 4.99 Å². The number of aryl methyl sites for hydroxylation is 1. The third-order valence-electron chi connectivity index (χ3n) is 9.04. The van der Waals surface area contributed by atoms with Crippen LogP contribution in [0, 0.1) is 6.92 Å². The number of hydrogen-bond acceptors (Lipinski definition) is 9. The number of para-hydroxylation sites is 2. The first-order chi connectivity index (χ1) is 28.4. The van der Waals surface area contributed by atoms with Crippen LogP contribution in [0.15, 0.2) is 169 Å². The number of aliphatic imine (C=N–C) groups is 1. The molecule has 12 heteroatoms. The number of benzene rings is 4. The molecule has 0 unspecified atom stereocenters. The number of methoxy groups -OCH3 is 1. The predicted octanol–water partition coefficient (Wildman–Crippen LogP) is 9.02. The Hall–Kier alpha value is -7.99. The molecular formula is C46H38N8O4. The molecule has 12 nitrogen and oxygen atoms in total. The second-order valence-corrected chi connectivity index (χ2v) is 12.8. The molecule has 0 amide bonds. The number of anilines is 1. The standard InChI is InChI=1S/C23H18N4O2.C23H20N4O2/c1-29-23(28)20-12-13-24-15-21(20)25-14-18-16-27(19-10-6-3-7-11-19)26-22(18)17-8-4-2-5-9-17;1-16-21(20(23(28)29)12-13-24-16)25-14-18-15-27(19-10-6-3-7-11-19)26-22(18)17-8-4-2-5-9-17/h2-16H,1H3;2-13,15,25H,14H2,1H3,(H,28,29)/b25-14+;. The second kappa shape index (κ2) is 18.1. The van der Waals surface area contributed by atoms with Crippen molar-refractivity contribution in [2.75, 3.05) is 12.4 Å². The van der Waals surface area contributed by atoms with Gasteiger partial charge in [-0.1, -0.05) is 97.1 Å². The molecule has 0 aliphatic carbocycles. The fourth-order valence-electron chi connectivity index (χ4n) is 6.17. The molecule has 2 N–H and O–H groups in total. The number of ether oxygens (including phenoxy) is 1. The van der Waals surface area contributed by atoms with E-state index >= 15 is 0 Å². The highest BCUT2D eigenvalue weighted by molar-refractivity contribution is 5.97. The van der Waals surface area contributed by atoms with E-state index < -0.39 is 11.9 Å². The van der Waals surface area contributed by atoms with Crippen LogP contribution in [0.5, 0.6) is 0 Å². The monoisotopic (exact) mass is 766 g/mol. The first kappa shape index (κ1) is 38.3. The Morgan fingerprint density at radius 3 is 1.88 bits per heavy atom. The average molecular weight is 767 g/mol. The SMILES string of the molecule is COC(=O)c1ccncc1/N=C/c1cn(-c2ccccc2)nc1-c1ccccc1.Cc1nccc(C(=O)O)c1NCc1cn(-c2ccccc2)nc1-c1ccccc1. The minimum atomic E-state index is -0.985. The normalized spacial score (nSPS) is 10.8. The summed E-state index contributed by atoms with van der Waals surface area (Å²) in [6, 6.07) is 42.7. The first-order valence-electron chi connectivity index (χ1n) is 18.3. The third-order valence-corrected chi connectivity index (χ3v) is 9.04. The number of rotatable bonds is 11. The summed E-state index contributed by atoms with van der Waals surface area (Å²) in [7, 11) is 1.34. The summed E-state index contributed by atoms with van der Waals surface area (Å²) in [4.78, 5) is 36.3. The molecule has 8 rings (SSSR count). The average Bonchev–Trinajstić information content (AvgIpc) is 3.92. The number of aromatic nitrogens is 6. The second-order valence-electron chi connectivity index (χ2n) is 12.8. The number of nitrogens with zero attached hydrogens (tertiary/aromatic N) is 7. The Kier molecular flexibility index (Phi) is 11.9. The van der Waals surface area contributed by atoms with Crippen molar-refractivity contribution in [3.63, 3.8) is 0 Å². The largest absolute Gasteiger partial charge is 0.478 e. The zero-order valence-corrected chi connectivity index (χ0v) is 31.7. The first-order valence-corrected chi connectivity index (χ1v) is 18.3. The third kappa shape index (κ3) is 8.93. The Bertz CT molecular complexity index is 2660. The molecule has 0 saturated heterocycles. The Labute approximate surface area is 334 Å². The van der Waals surface area contributed by atoms with Crippen molar-refractivity contribution < 1.29 is 19.4 Å². The van der Waals surface area contributed by atoms with Crippen molar-refractivity contribution in [2.45, 2.75) is 13.5 Å². The van der Waals surface area contributed by atoms with Gasteiger partial charge in [-0.25, -0.2) is 19.0 Å². The van der Waals surface area contributed by atoms with Crippen molar-refractivity contribution in [1.82, 2.24) is 29.5 Å². The number of esters is 1. The van der Waals surface area contributed by atoms with Crippen LogP contribution in [0.1, 0.15) is 37.5 Å². The van der Waals surface area contributed by atoms with E-state index in [9.17, 15) is 14.7 Å². The fraction of sp³-hybridized carbons (Fsp3) is 0.0652. The van der Waals surface area contributed by atoms with Crippen molar-refractivity contribution >= 4 is 29.5 Å². The number of nitrogens with one attached hydrogen (secondary N) is 1. The summed E-state index contributed by atoms with van der Waals surface area (Å²) in [6.07, 6.45) is 10.2. The number of carboxylic acid groups (broad SMARTS) is 1. The Morgan fingerprint density at radius 1 is 0.724 bits per heavy atom. The quantitative estimate of drug-likeness (QED) is 0.0971. The van der Waals surface area contributed by atoms with Crippen LogP contribution in [0.2, 0.25) is 0 Å². The van der Waals surface area contributed by atoms with Crippen LogP contribution >= 0.6 is 0 Å². The van der Waals surface area contributed by atoms with Gasteiger partial charge in [-0.3, -0.25) is 15.0 Å². The maximum absolute atomic E-state index is 12.0. The van der Waals surface area contributed by atoms with E-state index in [4.69, 9.17) is 14.9 Å². The van der Waals surface area contributed by atoms with Gasteiger partial charge in [0.25, 0.3) is 0 Å². The van der Waals surface area contributed by atoms with Gasteiger partial charge < -0.3 is 15.2 Å². The number of carbonyl (C=O) groups excluding carboxylic acids is 1. The van der Waals surface area contributed by atoms with Crippen LogP contribution in [-0.4, -0.2) is 59.9 Å². The molecular weight excluding hydrogens is 729 g/mol. The van der Waals surface area contributed by atoms with E-state index in [1.165, 1.54) is 31.8 Å².